The van der Waals surface area contributed by atoms with Crippen LogP contribution in [0.3, 0.4) is 0 Å². The van der Waals surface area contributed by atoms with Gasteiger partial charge in [0, 0.05) is 23.6 Å². The average Bonchev–Trinajstić information content (AvgIpc) is 2.94. The van der Waals surface area contributed by atoms with Crippen LogP contribution in [0.25, 0.3) is 0 Å². The van der Waals surface area contributed by atoms with E-state index in [2.05, 4.69) is 21.2 Å². The number of methoxy groups -OCH3 is 2. The Morgan fingerprint density at radius 1 is 1.00 bits per heavy atom. The number of halogens is 1. The van der Waals surface area contributed by atoms with Crippen LogP contribution in [0.15, 0.2) is 76.1 Å². The van der Waals surface area contributed by atoms with Gasteiger partial charge in [0.1, 0.15) is 24.1 Å². The van der Waals surface area contributed by atoms with Crippen molar-refractivity contribution in [3.05, 3.63) is 82.3 Å². The molecule has 0 bridgehead atoms. The Labute approximate surface area is 244 Å². The van der Waals surface area contributed by atoms with Crippen LogP contribution < -0.4 is 19.1 Å². The molecule has 11 heteroatoms. The van der Waals surface area contributed by atoms with E-state index in [4.69, 9.17) is 9.47 Å². The fourth-order valence-electron chi connectivity index (χ4n) is 4.08. The van der Waals surface area contributed by atoms with Crippen LogP contribution >= 0.6 is 15.9 Å². The second-order valence-corrected chi connectivity index (χ2v) is 11.9. The summed E-state index contributed by atoms with van der Waals surface area (Å²) >= 11 is 3.44. The number of carbonyl (C=O) groups excluding carboxylic acids is 2. The molecule has 9 nitrogen and oxygen atoms in total. The second-order valence-electron chi connectivity index (χ2n) is 9.08. The molecular weight excluding hydrogens is 598 g/mol. The lowest BCUT2D eigenvalue weighted by Crippen LogP contribution is -2.51. The maximum Gasteiger partial charge on any atom is 0.264 e. The van der Waals surface area contributed by atoms with Gasteiger partial charge in [0.05, 0.1) is 24.8 Å². The number of ether oxygens (including phenoxy) is 2. The third-order valence-corrected chi connectivity index (χ3v) is 8.57. The van der Waals surface area contributed by atoms with Gasteiger partial charge in [-0.1, -0.05) is 45.8 Å². The van der Waals surface area contributed by atoms with Crippen molar-refractivity contribution in [2.75, 3.05) is 31.6 Å². The number of likely N-dealkylation sites (N-methyl/N-ethyl adjacent to an activating group) is 1. The largest absolute Gasteiger partial charge is 0.497 e. The molecule has 214 valence electrons. The molecule has 3 aromatic carbocycles. The zero-order valence-electron chi connectivity index (χ0n) is 23.2. The normalized spacial score (nSPS) is 11.8. The van der Waals surface area contributed by atoms with E-state index in [0.29, 0.717) is 12.3 Å². The van der Waals surface area contributed by atoms with E-state index in [1.807, 2.05) is 31.2 Å². The number of benzene rings is 3. The minimum Gasteiger partial charge on any atom is -0.497 e. The van der Waals surface area contributed by atoms with Crippen molar-refractivity contribution >= 4 is 43.5 Å². The standard InChI is InChI=1S/C29H34BrN3O6S/c1-6-31-29(35)21(3)32(18-22-8-7-9-23(30)16-22)28(34)19-33(26-17-24(38-4)12-15-27(26)39-5)40(36,37)25-13-10-20(2)11-14-25/h7-17,21H,6,18-19H2,1-5H3,(H,31,35)/t21-/m1/s1. The van der Waals surface area contributed by atoms with Gasteiger partial charge in [0.25, 0.3) is 10.0 Å². The summed E-state index contributed by atoms with van der Waals surface area (Å²) in [5, 5.41) is 2.75. The lowest BCUT2D eigenvalue weighted by atomic mass is 10.1. The van der Waals surface area contributed by atoms with E-state index in [1.54, 1.807) is 38.1 Å². The quantitative estimate of drug-likeness (QED) is 0.315. The summed E-state index contributed by atoms with van der Waals surface area (Å²) in [6.07, 6.45) is 0. The van der Waals surface area contributed by atoms with Crippen LogP contribution in [0, 0.1) is 6.92 Å². The summed E-state index contributed by atoms with van der Waals surface area (Å²) < 4.78 is 40.8. The van der Waals surface area contributed by atoms with Crippen molar-refractivity contribution in [1.82, 2.24) is 10.2 Å². The summed E-state index contributed by atoms with van der Waals surface area (Å²) in [6, 6.07) is 17.6. The van der Waals surface area contributed by atoms with Crippen LogP contribution in [-0.2, 0) is 26.2 Å². The summed E-state index contributed by atoms with van der Waals surface area (Å²) in [4.78, 5) is 28.2. The maximum atomic E-state index is 14.1. The minimum atomic E-state index is -4.25. The van der Waals surface area contributed by atoms with Crippen LogP contribution in [0.5, 0.6) is 11.5 Å². The van der Waals surface area contributed by atoms with Crippen LogP contribution in [-0.4, -0.2) is 58.5 Å². The van der Waals surface area contributed by atoms with Gasteiger partial charge < -0.3 is 19.7 Å². The zero-order valence-corrected chi connectivity index (χ0v) is 25.6. The van der Waals surface area contributed by atoms with Gasteiger partial charge in [-0.3, -0.25) is 13.9 Å². The molecule has 1 atom stereocenters. The van der Waals surface area contributed by atoms with Gasteiger partial charge in [-0.15, -0.1) is 0 Å². The SMILES string of the molecule is CCNC(=O)[C@@H](C)N(Cc1cccc(Br)c1)C(=O)CN(c1cc(OC)ccc1OC)S(=O)(=O)c1ccc(C)cc1. The molecule has 40 heavy (non-hydrogen) atoms. The number of amides is 2. The smallest absolute Gasteiger partial charge is 0.264 e. The molecular formula is C29H34BrN3O6S. The van der Waals surface area contributed by atoms with Crippen LogP contribution in [0.4, 0.5) is 5.69 Å². The fraction of sp³-hybridized carbons (Fsp3) is 0.310. The van der Waals surface area contributed by atoms with E-state index >= 15 is 0 Å². The van der Waals surface area contributed by atoms with E-state index in [-0.39, 0.29) is 28.8 Å². The van der Waals surface area contributed by atoms with Gasteiger partial charge in [0.2, 0.25) is 11.8 Å². The molecule has 0 aliphatic rings. The molecule has 0 fully saturated rings. The molecule has 0 aromatic heterocycles. The summed E-state index contributed by atoms with van der Waals surface area (Å²) in [5.74, 6) is -0.300. The first-order chi connectivity index (χ1) is 19.0. The number of nitrogens with zero attached hydrogens (tertiary/aromatic N) is 2. The molecule has 0 saturated heterocycles. The van der Waals surface area contributed by atoms with Crippen molar-refractivity contribution < 1.29 is 27.5 Å². The lowest BCUT2D eigenvalue weighted by molar-refractivity contribution is -0.139. The highest BCUT2D eigenvalue weighted by Gasteiger charge is 2.34. The molecule has 0 aliphatic carbocycles. The Morgan fingerprint density at radius 3 is 2.30 bits per heavy atom. The first kappa shape index (κ1) is 31.0. The predicted molar refractivity (Wildman–Crippen MR) is 158 cm³/mol. The number of sulfonamides is 1. The maximum absolute atomic E-state index is 14.1. The number of nitrogens with one attached hydrogen (secondary N) is 1. The van der Waals surface area contributed by atoms with Gasteiger partial charge >= 0.3 is 0 Å². The Morgan fingerprint density at radius 2 is 1.70 bits per heavy atom. The van der Waals surface area contributed by atoms with Crippen molar-refractivity contribution in [2.24, 2.45) is 0 Å². The fourth-order valence-corrected chi connectivity index (χ4v) is 5.94. The van der Waals surface area contributed by atoms with E-state index in [9.17, 15) is 18.0 Å². The van der Waals surface area contributed by atoms with Crippen molar-refractivity contribution in [3.63, 3.8) is 0 Å². The molecule has 0 spiro atoms. The number of rotatable bonds is 12. The number of anilines is 1. The van der Waals surface area contributed by atoms with Crippen LogP contribution in [0.1, 0.15) is 25.0 Å². The number of hydrogen-bond donors (Lipinski definition) is 1. The van der Waals surface area contributed by atoms with E-state index in [1.165, 1.54) is 37.3 Å². The van der Waals surface area contributed by atoms with Gasteiger partial charge in [-0.2, -0.15) is 0 Å². The van der Waals surface area contributed by atoms with Crippen molar-refractivity contribution in [3.8, 4) is 11.5 Å². The molecule has 1 N–H and O–H groups in total. The monoisotopic (exact) mass is 631 g/mol. The highest BCUT2D eigenvalue weighted by molar-refractivity contribution is 9.10. The molecule has 0 radical (unpaired) electrons. The lowest BCUT2D eigenvalue weighted by Gasteiger charge is -2.32. The average molecular weight is 633 g/mol. The molecule has 3 rings (SSSR count). The van der Waals surface area contributed by atoms with Gasteiger partial charge in [0.15, 0.2) is 0 Å². The molecule has 0 unspecified atom stereocenters. The summed E-state index contributed by atoms with van der Waals surface area (Å²) in [6.45, 7) is 5.14. The van der Waals surface area contributed by atoms with Crippen molar-refractivity contribution in [1.29, 1.82) is 0 Å². The van der Waals surface area contributed by atoms with Gasteiger partial charge in [-0.05, 0) is 62.7 Å². The Hall–Kier alpha value is -3.57. The topological polar surface area (TPSA) is 105 Å². The summed E-state index contributed by atoms with van der Waals surface area (Å²) in [7, 11) is -1.37. The minimum absolute atomic E-state index is 0.00564. The Kier molecular flexibility index (Phi) is 10.6. The van der Waals surface area contributed by atoms with E-state index in [0.717, 1.165) is 19.9 Å². The number of aryl methyl sites for hydroxylation is 1. The van der Waals surface area contributed by atoms with Crippen molar-refractivity contribution in [2.45, 2.75) is 38.3 Å². The number of hydrogen-bond acceptors (Lipinski definition) is 6. The van der Waals surface area contributed by atoms with E-state index < -0.39 is 28.5 Å². The number of carbonyl (C=O) groups is 2. The first-order valence-electron chi connectivity index (χ1n) is 12.6. The van der Waals surface area contributed by atoms with Crippen LogP contribution in [0.2, 0.25) is 0 Å². The highest BCUT2D eigenvalue weighted by Crippen LogP contribution is 2.36. The Balaban J connectivity index is 2.12. The molecule has 0 heterocycles. The molecule has 0 aliphatic heterocycles. The van der Waals surface area contributed by atoms with Gasteiger partial charge in [-0.25, -0.2) is 8.42 Å². The Bertz CT molecular complexity index is 1450. The zero-order chi connectivity index (χ0) is 29.4. The molecule has 0 saturated carbocycles. The first-order valence-corrected chi connectivity index (χ1v) is 14.9. The molecule has 2 amide bonds. The summed E-state index contributed by atoms with van der Waals surface area (Å²) in [5.41, 5.74) is 1.78. The third kappa shape index (κ3) is 7.33. The second kappa shape index (κ2) is 13.7. The highest BCUT2D eigenvalue weighted by atomic mass is 79.9. The molecule has 3 aromatic rings. The third-order valence-electron chi connectivity index (χ3n) is 6.30. The predicted octanol–water partition coefficient (Wildman–Crippen LogP) is 4.52.